The van der Waals surface area contributed by atoms with E-state index in [9.17, 15) is 9.59 Å². The number of aromatic nitrogens is 2. The van der Waals surface area contributed by atoms with Crippen LogP contribution in [0.15, 0.2) is 70.1 Å². The number of benzene rings is 2. The van der Waals surface area contributed by atoms with Crippen molar-refractivity contribution in [3.63, 3.8) is 0 Å². The van der Waals surface area contributed by atoms with Crippen molar-refractivity contribution in [3.8, 4) is 11.1 Å². The number of hydrogen-bond acceptors (Lipinski definition) is 3. The van der Waals surface area contributed by atoms with E-state index in [-0.39, 0.29) is 23.4 Å². The Bertz CT molecular complexity index is 1470. The van der Waals surface area contributed by atoms with Crippen LogP contribution in [0.5, 0.6) is 0 Å². The van der Waals surface area contributed by atoms with Gasteiger partial charge >= 0.3 is 6.03 Å². The number of halogens is 1. The summed E-state index contributed by atoms with van der Waals surface area (Å²) in [7, 11) is 0. The Morgan fingerprint density at radius 2 is 1.66 bits per heavy atom. The maximum Gasteiger partial charge on any atom is 0.326 e. The van der Waals surface area contributed by atoms with E-state index >= 15 is 0 Å². The summed E-state index contributed by atoms with van der Waals surface area (Å²) in [6.45, 7) is 11.0. The second-order valence-corrected chi connectivity index (χ2v) is 11.1. The Morgan fingerprint density at radius 1 is 1.00 bits per heavy atom. The number of amides is 2. The molecule has 0 spiro atoms. The molecule has 4 rings (SSSR count). The minimum Gasteiger partial charge on any atom is -0.307 e. The number of fused-ring (bicyclic) bond motifs is 1. The van der Waals surface area contributed by atoms with Crippen molar-refractivity contribution < 1.29 is 4.79 Å². The molecular formula is C31H35BrN4O2. The summed E-state index contributed by atoms with van der Waals surface area (Å²) in [5.74, 6) is 0.447. The average molecular weight is 576 g/mol. The molecule has 2 amide bonds. The zero-order valence-corrected chi connectivity index (χ0v) is 24.2. The molecule has 0 aliphatic carbocycles. The van der Waals surface area contributed by atoms with Gasteiger partial charge in [0.15, 0.2) is 0 Å². The number of carbonyl (C=O) groups is 1. The lowest BCUT2D eigenvalue weighted by Crippen LogP contribution is -2.40. The molecule has 198 valence electrons. The van der Waals surface area contributed by atoms with Gasteiger partial charge in [0.2, 0.25) is 0 Å². The first-order chi connectivity index (χ1) is 18.2. The van der Waals surface area contributed by atoms with Crippen LogP contribution >= 0.6 is 15.9 Å². The fourth-order valence-electron chi connectivity index (χ4n) is 4.78. The summed E-state index contributed by atoms with van der Waals surface area (Å²) in [6, 6.07) is 17.4. The molecule has 6 nitrogen and oxygen atoms in total. The van der Waals surface area contributed by atoms with Gasteiger partial charge in [0.1, 0.15) is 11.3 Å². The smallest absolute Gasteiger partial charge is 0.307 e. The molecule has 0 bridgehead atoms. The number of aromatic amines is 1. The highest BCUT2D eigenvalue weighted by Gasteiger charge is 2.27. The number of hydrogen-bond donors (Lipinski definition) is 2. The highest BCUT2D eigenvalue weighted by Crippen LogP contribution is 2.36. The van der Waals surface area contributed by atoms with Crippen molar-refractivity contribution >= 4 is 44.4 Å². The van der Waals surface area contributed by atoms with E-state index < -0.39 is 0 Å². The number of pyridine rings is 2. The van der Waals surface area contributed by atoms with Gasteiger partial charge in [0, 0.05) is 33.9 Å². The molecule has 4 aromatic rings. The largest absolute Gasteiger partial charge is 0.326 e. The molecule has 2 aromatic heterocycles. The monoisotopic (exact) mass is 574 g/mol. The summed E-state index contributed by atoms with van der Waals surface area (Å²) in [5.41, 5.74) is 4.97. The van der Waals surface area contributed by atoms with Crippen molar-refractivity contribution in [1.82, 2.24) is 9.97 Å². The van der Waals surface area contributed by atoms with E-state index in [0.29, 0.717) is 23.4 Å². The maximum absolute atomic E-state index is 14.1. The molecule has 7 heteroatoms. The lowest BCUT2D eigenvalue weighted by atomic mass is 9.92. The van der Waals surface area contributed by atoms with Gasteiger partial charge in [-0.25, -0.2) is 9.78 Å². The van der Waals surface area contributed by atoms with Crippen LogP contribution in [0.3, 0.4) is 0 Å². The van der Waals surface area contributed by atoms with Gasteiger partial charge < -0.3 is 10.3 Å². The predicted molar refractivity (Wildman–Crippen MR) is 161 cm³/mol. The molecular weight excluding hydrogens is 540 g/mol. The van der Waals surface area contributed by atoms with Crippen molar-refractivity contribution in [1.29, 1.82) is 0 Å². The van der Waals surface area contributed by atoms with Gasteiger partial charge in [-0.15, -0.1) is 0 Å². The third-order valence-corrected chi connectivity index (χ3v) is 7.28. The number of rotatable bonds is 8. The number of para-hydroxylation sites is 1. The van der Waals surface area contributed by atoms with Crippen LogP contribution in [0.1, 0.15) is 70.4 Å². The zero-order valence-electron chi connectivity index (χ0n) is 22.6. The number of nitrogens with one attached hydrogen (secondary N) is 2. The first-order valence-corrected chi connectivity index (χ1v) is 14.0. The molecule has 0 atom stereocenters. The number of H-pyrrole nitrogens is 1. The van der Waals surface area contributed by atoms with Gasteiger partial charge in [-0.1, -0.05) is 87.3 Å². The lowest BCUT2D eigenvalue weighted by Gasteiger charge is -2.27. The fraction of sp³-hybridized carbons (Fsp3) is 0.323. The van der Waals surface area contributed by atoms with E-state index in [4.69, 9.17) is 0 Å². The van der Waals surface area contributed by atoms with Crippen molar-refractivity contribution in [2.45, 2.75) is 59.3 Å². The number of nitrogens with zero attached hydrogens (tertiary/aromatic N) is 2. The molecule has 2 N–H and O–H groups in total. The minimum atomic E-state index is -0.346. The summed E-state index contributed by atoms with van der Waals surface area (Å²) < 4.78 is 0.933. The van der Waals surface area contributed by atoms with Crippen molar-refractivity contribution in [3.05, 3.63) is 86.7 Å². The highest BCUT2D eigenvalue weighted by atomic mass is 79.9. The molecule has 38 heavy (non-hydrogen) atoms. The minimum absolute atomic E-state index is 0.224. The van der Waals surface area contributed by atoms with Gasteiger partial charge in [0.25, 0.3) is 5.56 Å². The average Bonchev–Trinajstić information content (AvgIpc) is 2.89. The van der Waals surface area contributed by atoms with Crippen LogP contribution in [-0.2, 0) is 0 Å². The van der Waals surface area contributed by atoms with Gasteiger partial charge in [0.05, 0.1) is 0 Å². The summed E-state index contributed by atoms with van der Waals surface area (Å²) in [4.78, 5) is 36.7. The van der Waals surface area contributed by atoms with Gasteiger partial charge in [-0.2, -0.15) is 0 Å². The third-order valence-electron chi connectivity index (χ3n) is 6.75. The van der Waals surface area contributed by atoms with E-state index in [1.807, 2.05) is 42.5 Å². The zero-order chi connectivity index (χ0) is 27.4. The number of carbonyl (C=O) groups excluding carboxylic acids is 1. The lowest BCUT2D eigenvalue weighted by molar-refractivity contribution is 0.256. The van der Waals surface area contributed by atoms with E-state index in [1.165, 1.54) is 0 Å². The standard InChI is InChI=1S/C31H35BrN4O2/c1-6-7-18-36(31(38)34-27-23(19(2)3)10-8-11-24(27)20(4)5)28-26(21-13-15-22(32)16-14-21)25-12-9-17-33-29(25)35-30(28)37/h8-17,19-20H,6-7,18H2,1-5H3,(H,34,38)(H,33,35,37). The molecule has 0 aliphatic heterocycles. The first kappa shape index (κ1) is 27.6. The van der Waals surface area contributed by atoms with E-state index in [2.05, 4.69) is 78.0 Å². The number of unbranched alkanes of at least 4 members (excludes halogenated alkanes) is 1. The first-order valence-electron chi connectivity index (χ1n) is 13.2. The quantitative estimate of drug-likeness (QED) is 0.221. The van der Waals surface area contributed by atoms with Crippen LogP contribution in [-0.4, -0.2) is 22.5 Å². The summed E-state index contributed by atoms with van der Waals surface area (Å²) in [6.07, 6.45) is 3.28. The Kier molecular flexibility index (Phi) is 8.67. The Balaban J connectivity index is 1.93. The summed E-state index contributed by atoms with van der Waals surface area (Å²) in [5, 5.41) is 4.01. The Labute approximate surface area is 232 Å². The SMILES string of the molecule is CCCCN(C(=O)Nc1c(C(C)C)cccc1C(C)C)c1c(-c2ccc(Br)cc2)c2cccnc2[nH]c1=O. The van der Waals surface area contributed by atoms with Gasteiger partial charge in [-0.3, -0.25) is 9.69 Å². The third kappa shape index (κ3) is 5.68. The second-order valence-electron chi connectivity index (χ2n) is 10.1. The van der Waals surface area contributed by atoms with E-state index in [0.717, 1.165) is 45.1 Å². The van der Waals surface area contributed by atoms with Gasteiger partial charge in [-0.05, 0) is 59.2 Å². The normalized spacial score (nSPS) is 11.4. The number of urea groups is 1. The molecule has 0 aliphatic rings. The number of anilines is 2. The second kappa shape index (κ2) is 11.9. The van der Waals surface area contributed by atoms with Crippen LogP contribution in [0.25, 0.3) is 22.2 Å². The topological polar surface area (TPSA) is 78.1 Å². The Hall–Kier alpha value is -3.45. The molecule has 0 unspecified atom stereocenters. The van der Waals surface area contributed by atoms with Crippen LogP contribution in [0.4, 0.5) is 16.2 Å². The Morgan fingerprint density at radius 3 is 2.26 bits per heavy atom. The molecule has 2 aromatic carbocycles. The molecule has 0 radical (unpaired) electrons. The fourth-order valence-corrected chi connectivity index (χ4v) is 5.05. The molecule has 2 heterocycles. The highest BCUT2D eigenvalue weighted by molar-refractivity contribution is 9.10. The van der Waals surface area contributed by atoms with Crippen molar-refractivity contribution in [2.24, 2.45) is 0 Å². The molecule has 0 fully saturated rings. The molecule has 0 saturated heterocycles. The van der Waals surface area contributed by atoms with Crippen molar-refractivity contribution in [2.75, 3.05) is 16.8 Å². The van der Waals surface area contributed by atoms with E-state index in [1.54, 1.807) is 11.1 Å². The van der Waals surface area contributed by atoms with Crippen LogP contribution in [0.2, 0.25) is 0 Å². The van der Waals surface area contributed by atoms with Crippen LogP contribution in [0, 0.1) is 0 Å². The summed E-state index contributed by atoms with van der Waals surface area (Å²) >= 11 is 3.51. The predicted octanol–water partition coefficient (Wildman–Crippen LogP) is 8.44. The maximum atomic E-state index is 14.1. The molecule has 0 saturated carbocycles. The van der Waals surface area contributed by atoms with Crippen LogP contribution < -0.4 is 15.8 Å².